The van der Waals surface area contributed by atoms with E-state index in [1.807, 2.05) is 20.8 Å². The van der Waals surface area contributed by atoms with Crippen LogP contribution in [-0.4, -0.2) is 27.3 Å². The van der Waals surface area contributed by atoms with E-state index in [1.165, 1.54) is 0 Å². The van der Waals surface area contributed by atoms with Crippen molar-refractivity contribution in [3.8, 4) is 0 Å². The van der Waals surface area contributed by atoms with E-state index in [4.69, 9.17) is 4.74 Å². The topological polar surface area (TPSA) is 55.2 Å². The Morgan fingerprint density at radius 2 is 2.20 bits per heavy atom. The van der Waals surface area contributed by atoms with E-state index in [0.717, 1.165) is 6.42 Å². The van der Waals surface area contributed by atoms with Gasteiger partial charge in [-0.05, 0) is 20.3 Å². The first-order valence-electron chi connectivity index (χ1n) is 5.22. The van der Waals surface area contributed by atoms with Crippen LogP contribution in [0.15, 0.2) is 18.6 Å². The molecule has 0 saturated carbocycles. The zero-order valence-electron chi connectivity index (χ0n) is 9.47. The molecule has 2 atom stereocenters. The Bertz CT molecular complexity index is 292. The zero-order chi connectivity index (χ0) is 11.3. The minimum absolute atomic E-state index is 0.551. The van der Waals surface area contributed by atoms with Crippen LogP contribution >= 0.6 is 0 Å². The molecule has 1 aromatic rings. The van der Waals surface area contributed by atoms with Crippen molar-refractivity contribution in [3.63, 3.8) is 0 Å². The molecule has 4 heteroatoms. The monoisotopic (exact) mass is 210 g/mol. The number of aliphatic hydroxyl groups is 1. The summed E-state index contributed by atoms with van der Waals surface area (Å²) >= 11 is 0. The predicted molar refractivity (Wildman–Crippen MR) is 57.3 cm³/mol. The Kier molecular flexibility index (Phi) is 4.17. The molecule has 0 aliphatic carbocycles. The molecule has 4 nitrogen and oxygen atoms in total. The van der Waals surface area contributed by atoms with Crippen molar-refractivity contribution in [3.05, 3.63) is 24.3 Å². The SMILES string of the molecule is CCOC(C)(CC)C(O)c1cnccn1. The standard InChI is InChI=1S/C11H18N2O2/c1-4-11(3,15-5-2)10(14)9-8-12-6-7-13-9/h6-8,10,14H,4-5H2,1-3H3. The van der Waals surface area contributed by atoms with Gasteiger partial charge in [0.05, 0.1) is 17.5 Å². The third kappa shape index (κ3) is 2.73. The molecule has 2 unspecified atom stereocenters. The summed E-state index contributed by atoms with van der Waals surface area (Å²) < 4.78 is 5.58. The van der Waals surface area contributed by atoms with Crippen LogP contribution in [0.5, 0.6) is 0 Å². The number of rotatable bonds is 5. The van der Waals surface area contributed by atoms with E-state index < -0.39 is 11.7 Å². The molecule has 0 aromatic carbocycles. The second-order valence-electron chi connectivity index (χ2n) is 3.63. The molecule has 1 rings (SSSR count). The van der Waals surface area contributed by atoms with Crippen molar-refractivity contribution in [2.45, 2.75) is 38.9 Å². The Morgan fingerprint density at radius 1 is 1.47 bits per heavy atom. The number of hydrogen-bond donors (Lipinski definition) is 1. The van der Waals surface area contributed by atoms with Gasteiger partial charge in [0.15, 0.2) is 0 Å². The van der Waals surface area contributed by atoms with Gasteiger partial charge in [-0.3, -0.25) is 9.97 Å². The summed E-state index contributed by atoms with van der Waals surface area (Å²) in [5, 5.41) is 10.1. The van der Waals surface area contributed by atoms with Gasteiger partial charge in [-0.1, -0.05) is 6.92 Å². The molecular weight excluding hydrogens is 192 g/mol. The van der Waals surface area contributed by atoms with Gasteiger partial charge in [0, 0.05) is 19.0 Å². The Labute approximate surface area is 90.3 Å². The van der Waals surface area contributed by atoms with Crippen LogP contribution in [0.4, 0.5) is 0 Å². The first kappa shape index (κ1) is 12.1. The van der Waals surface area contributed by atoms with Crippen molar-refractivity contribution >= 4 is 0 Å². The zero-order valence-corrected chi connectivity index (χ0v) is 9.47. The van der Waals surface area contributed by atoms with Crippen LogP contribution in [0.2, 0.25) is 0 Å². The fourth-order valence-corrected chi connectivity index (χ4v) is 1.47. The average Bonchev–Trinajstić information content (AvgIpc) is 2.29. The van der Waals surface area contributed by atoms with Gasteiger partial charge < -0.3 is 9.84 Å². The summed E-state index contributed by atoms with van der Waals surface area (Å²) in [5.41, 5.74) is -0.0413. The fraction of sp³-hybridized carbons (Fsp3) is 0.636. The maximum Gasteiger partial charge on any atom is 0.126 e. The molecule has 0 saturated heterocycles. The maximum atomic E-state index is 10.1. The Morgan fingerprint density at radius 3 is 2.67 bits per heavy atom. The molecule has 84 valence electrons. The lowest BCUT2D eigenvalue weighted by molar-refractivity contribution is -0.114. The highest BCUT2D eigenvalue weighted by atomic mass is 16.5. The lowest BCUT2D eigenvalue weighted by Crippen LogP contribution is -2.36. The molecule has 0 fully saturated rings. The van der Waals surface area contributed by atoms with E-state index in [-0.39, 0.29) is 0 Å². The van der Waals surface area contributed by atoms with Gasteiger partial charge in [-0.2, -0.15) is 0 Å². The molecule has 0 aliphatic rings. The summed E-state index contributed by atoms with van der Waals surface area (Å²) in [4.78, 5) is 8.02. The van der Waals surface area contributed by atoms with Crippen LogP contribution in [0.25, 0.3) is 0 Å². The lowest BCUT2D eigenvalue weighted by atomic mass is 9.93. The summed E-state index contributed by atoms with van der Waals surface area (Å²) in [6, 6.07) is 0. The van der Waals surface area contributed by atoms with Crippen LogP contribution < -0.4 is 0 Å². The Balaban J connectivity index is 2.86. The van der Waals surface area contributed by atoms with Gasteiger partial charge in [0.2, 0.25) is 0 Å². The molecule has 0 aliphatic heterocycles. The average molecular weight is 210 g/mol. The molecule has 0 amide bonds. The fourth-order valence-electron chi connectivity index (χ4n) is 1.47. The third-order valence-electron chi connectivity index (χ3n) is 2.62. The summed E-state index contributed by atoms with van der Waals surface area (Å²) in [6.07, 6.45) is 4.70. The van der Waals surface area contributed by atoms with Crippen LogP contribution in [0.3, 0.4) is 0 Å². The van der Waals surface area contributed by atoms with Gasteiger partial charge in [0.1, 0.15) is 6.10 Å². The molecule has 0 bridgehead atoms. The molecule has 1 N–H and O–H groups in total. The van der Waals surface area contributed by atoms with Crippen molar-refractivity contribution in [2.24, 2.45) is 0 Å². The molecule has 0 spiro atoms. The Hall–Kier alpha value is -1.00. The molecule has 1 heterocycles. The lowest BCUT2D eigenvalue weighted by Gasteiger charge is -2.32. The van der Waals surface area contributed by atoms with E-state index >= 15 is 0 Å². The number of nitrogens with zero attached hydrogens (tertiary/aromatic N) is 2. The molecule has 0 radical (unpaired) electrons. The van der Waals surface area contributed by atoms with Crippen molar-refractivity contribution in [2.75, 3.05) is 6.61 Å². The number of aliphatic hydroxyl groups excluding tert-OH is 1. The molecule has 15 heavy (non-hydrogen) atoms. The summed E-state index contributed by atoms with van der Waals surface area (Å²) in [7, 11) is 0. The largest absolute Gasteiger partial charge is 0.384 e. The number of aromatic nitrogens is 2. The van der Waals surface area contributed by atoms with E-state index in [0.29, 0.717) is 12.3 Å². The van der Waals surface area contributed by atoms with Crippen LogP contribution in [0.1, 0.15) is 39.0 Å². The van der Waals surface area contributed by atoms with Crippen molar-refractivity contribution in [1.29, 1.82) is 0 Å². The molecule has 1 aromatic heterocycles. The summed E-state index contributed by atoms with van der Waals surface area (Å²) in [5.74, 6) is 0. The minimum atomic E-state index is -0.740. The normalized spacial score (nSPS) is 17.1. The quantitative estimate of drug-likeness (QED) is 0.804. The first-order chi connectivity index (χ1) is 7.14. The van der Waals surface area contributed by atoms with Crippen molar-refractivity contribution < 1.29 is 9.84 Å². The number of hydrogen-bond acceptors (Lipinski definition) is 4. The summed E-state index contributed by atoms with van der Waals surface area (Å²) in [6.45, 7) is 6.35. The van der Waals surface area contributed by atoms with Crippen molar-refractivity contribution in [1.82, 2.24) is 9.97 Å². The third-order valence-corrected chi connectivity index (χ3v) is 2.62. The highest BCUT2D eigenvalue weighted by Gasteiger charge is 2.33. The first-order valence-corrected chi connectivity index (χ1v) is 5.22. The second kappa shape index (κ2) is 5.19. The van der Waals surface area contributed by atoms with Gasteiger partial charge >= 0.3 is 0 Å². The van der Waals surface area contributed by atoms with Gasteiger partial charge in [-0.25, -0.2) is 0 Å². The van der Waals surface area contributed by atoms with Gasteiger partial charge in [0.25, 0.3) is 0 Å². The minimum Gasteiger partial charge on any atom is -0.384 e. The van der Waals surface area contributed by atoms with E-state index in [9.17, 15) is 5.11 Å². The second-order valence-corrected chi connectivity index (χ2v) is 3.63. The predicted octanol–water partition coefficient (Wildman–Crippen LogP) is 1.72. The van der Waals surface area contributed by atoms with Gasteiger partial charge in [-0.15, -0.1) is 0 Å². The van der Waals surface area contributed by atoms with Crippen LogP contribution in [0, 0.1) is 0 Å². The maximum absolute atomic E-state index is 10.1. The van der Waals surface area contributed by atoms with E-state index in [1.54, 1.807) is 18.6 Å². The van der Waals surface area contributed by atoms with E-state index in [2.05, 4.69) is 9.97 Å². The smallest absolute Gasteiger partial charge is 0.126 e. The van der Waals surface area contributed by atoms with Crippen LogP contribution in [-0.2, 0) is 4.74 Å². The highest BCUT2D eigenvalue weighted by Crippen LogP contribution is 2.30. The number of ether oxygens (including phenoxy) is 1. The molecular formula is C11H18N2O2. The highest BCUT2D eigenvalue weighted by molar-refractivity contribution is 5.05.